The largest absolute Gasteiger partial charge is 0.495 e. The molecule has 1 aromatic heterocycles. The first kappa shape index (κ1) is 14.0. The predicted molar refractivity (Wildman–Crippen MR) is 75.1 cm³/mol. The van der Waals surface area contributed by atoms with E-state index in [-0.39, 0.29) is 0 Å². The minimum Gasteiger partial charge on any atom is -0.495 e. The minimum absolute atomic E-state index is 0.394. The van der Waals surface area contributed by atoms with E-state index >= 15 is 0 Å². The summed E-state index contributed by atoms with van der Waals surface area (Å²) >= 11 is 0. The van der Waals surface area contributed by atoms with Gasteiger partial charge in [-0.1, -0.05) is 12.1 Å². The standard InChI is InChI=1S/C15H17NO4/c1-10-12(15(17)19-3)8-11(20-10)9-16-13-6-4-5-7-14(13)18-2/h4-8,16H,9H2,1-3H3. The number of furan rings is 1. The van der Waals surface area contributed by atoms with Crippen molar-refractivity contribution in [2.75, 3.05) is 19.5 Å². The van der Waals surface area contributed by atoms with Crippen molar-refractivity contribution in [3.05, 3.63) is 47.4 Å². The molecule has 0 fully saturated rings. The van der Waals surface area contributed by atoms with E-state index in [0.29, 0.717) is 23.6 Å². The fourth-order valence-corrected chi connectivity index (χ4v) is 1.92. The van der Waals surface area contributed by atoms with Gasteiger partial charge in [0.15, 0.2) is 0 Å². The van der Waals surface area contributed by atoms with Crippen molar-refractivity contribution in [1.82, 2.24) is 0 Å². The van der Waals surface area contributed by atoms with Crippen LogP contribution in [0.3, 0.4) is 0 Å². The van der Waals surface area contributed by atoms with Crippen LogP contribution in [0.15, 0.2) is 34.7 Å². The van der Waals surface area contributed by atoms with E-state index < -0.39 is 5.97 Å². The molecule has 106 valence electrons. The van der Waals surface area contributed by atoms with Gasteiger partial charge < -0.3 is 19.2 Å². The van der Waals surface area contributed by atoms with Gasteiger partial charge in [-0.05, 0) is 25.1 Å². The van der Waals surface area contributed by atoms with Crippen LogP contribution < -0.4 is 10.1 Å². The van der Waals surface area contributed by atoms with Crippen molar-refractivity contribution in [1.29, 1.82) is 0 Å². The molecule has 0 aliphatic carbocycles. The Hall–Kier alpha value is -2.43. The molecule has 0 amide bonds. The Labute approximate surface area is 117 Å². The summed E-state index contributed by atoms with van der Waals surface area (Å²) in [6, 6.07) is 9.28. The maximum absolute atomic E-state index is 11.5. The smallest absolute Gasteiger partial charge is 0.341 e. The highest BCUT2D eigenvalue weighted by molar-refractivity contribution is 5.90. The van der Waals surface area contributed by atoms with Gasteiger partial charge >= 0.3 is 5.97 Å². The number of aryl methyl sites for hydroxylation is 1. The molecule has 1 aromatic carbocycles. The molecule has 2 rings (SSSR count). The number of benzene rings is 1. The Morgan fingerprint density at radius 2 is 2.05 bits per heavy atom. The molecule has 0 aliphatic rings. The summed E-state index contributed by atoms with van der Waals surface area (Å²) in [7, 11) is 2.97. The van der Waals surface area contributed by atoms with Crippen LogP contribution in [0, 0.1) is 6.92 Å². The Balaban J connectivity index is 2.10. The SMILES string of the molecule is COC(=O)c1cc(CNc2ccccc2OC)oc1C. The van der Waals surface area contributed by atoms with Gasteiger partial charge in [0.05, 0.1) is 26.5 Å². The fourth-order valence-electron chi connectivity index (χ4n) is 1.92. The lowest BCUT2D eigenvalue weighted by molar-refractivity contribution is 0.0599. The molecular formula is C15H17NO4. The third-order valence-corrected chi connectivity index (χ3v) is 2.93. The average molecular weight is 275 g/mol. The highest BCUT2D eigenvalue weighted by Crippen LogP contribution is 2.24. The van der Waals surface area contributed by atoms with Crippen LogP contribution in [0.2, 0.25) is 0 Å². The van der Waals surface area contributed by atoms with Crippen LogP contribution in [0.1, 0.15) is 21.9 Å². The van der Waals surface area contributed by atoms with Crippen molar-refractivity contribution < 1.29 is 18.7 Å². The molecule has 0 spiro atoms. The van der Waals surface area contributed by atoms with Crippen LogP contribution in [0.25, 0.3) is 0 Å². The Morgan fingerprint density at radius 1 is 1.30 bits per heavy atom. The molecule has 5 heteroatoms. The second-order valence-electron chi connectivity index (χ2n) is 4.23. The lowest BCUT2D eigenvalue weighted by atomic mass is 10.2. The van der Waals surface area contributed by atoms with Crippen molar-refractivity contribution in [2.24, 2.45) is 0 Å². The number of ether oxygens (including phenoxy) is 2. The number of carbonyl (C=O) groups is 1. The molecule has 5 nitrogen and oxygen atoms in total. The first-order chi connectivity index (χ1) is 9.65. The van der Waals surface area contributed by atoms with E-state index in [1.54, 1.807) is 20.1 Å². The van der Waals surface area contributed by atoms with E-state index in [1.165, 1.54) is 7.11 Å². The molecule has 0 atom stereocenters. The molecule has 0 unspecified atom stereocenters. The lowest BCUT2D eigenvalue weighted by Crippen LogP contribution is -2.01. The quantitative estimate of drug-likeness (QED) is 0.850. The minimum atomic E-state index is -0.394. The molecule has 1 heterocycles. The molecule has 1 N–H and O–H groups in total. The topological polar surface area (TPSA) is 60.7 Å². The lowest BCUT2D eigenvalue weighted by Gasteiger charge is -2.09. The van der Waals surface area contributed by atoms with Crippen molar-refractivity contribution in [3.63, 3.8) is 0 Å². The summed E-state index contributed by atoms with van der Waals surface area (Å²) in [4.78, 5) is 11.5. The van der Waals surface area contributed by atoms with Gasteiger partial charge in [-0.3, -0.25) is 0 Å². The third-order valence-electron chi connectivity index (χ3n) is 2.93. The van der Waals surface area contributed by atoms with Crippen LogP contribution in [-0.4, -0.2) is 20.2 Å². The van der Waals surface area contributed by atoms with E-state index in [9.17, 15) is 4.79 Å². The van der Waals surface area contributed by atoms with Crippen LogP contribution in [0.5, 0.6) is 5.75 Å². The number of methoxy groups -OCH3 is 2. The molecule has 2 aromatic rings. The molecular weight excluding hydrogens is 258 g/mol. The van der Waals surface area contributed by atoms with E-state index in [0.717, 1.165) is 11.4 Å². The molecule has 20 heavy (non-hydrogen) atoms. The Bertz CT molecular complexity index is 604. The van der Waals surface area contributed by atoms with Crippen molar-refractivity contribution in [2.45, 2.75) is 13.5 Å². The van der Waals surface area contributed by atoms with Crippen LogP contribution in [0.4, 0.5) is 5.69 Å². The van der Waals surface area contributed by atoms with Crippen molar-refractivity contribution in [3.8, 4) is 5.75 Å². The summed E-state index contributed by atoms with van der Waals surface area (Å²) in [5.41, 5.74) is 1.31. The van der Waals surface area contributed by atoms with Gasteiger partial charge in [0.25, 0.3) is 0 Å². The molecule has 0 aliphatic heterocycles. The number of rotatable bonds is 5. The Kier molecular flexibility index (Phi) is 4.30. The van der Waals surface area contributed by atoms with Crippen LogP contribution in [-0.2, 0) is 11.3 Å². The number of anilines is 1. The van der Waals surface area contributed by atoms with E-state index in [4.69, 9.17) is 13.9 Å². The van der Waals surface area contributed by atoms with Crippen molar-refractivity contribution >= 4 is 11.7 Å². The highest BCUT2D eigenvalue weighted by Gasteiger charge is 2.15. The van der Waals surface area contributed by atoms with Crippen LogP contribution >= 0.6 is 0 Å². The maximum Gasteiger partial charge on any atom is 0.341 e. The van der Waals surface area contributed by atoms with E-state index in [2.05, 4.69) is 5.32 Å². The number of carbonyl (C=O) groups excluding carboxylic acids is 1. The van der Waals surface area contributed by atoms with E-state index in [1.807, 2.05) is 24.3 Å². The highest BCUT2D eigenvalue weighted by atomic mass is 16.5. The summed E-state index contributed by atoms with van der Waals surface area (Å²) in [6.07, 6.45) is 0. The molecule has 0 saturated heterocycles. The summed E-state index contributed by atoms with van der Waals surface area (Å²) < 4.78 is 15.5. The molecule has 0 radical (unpaired) electrons. The number of hydrogen-bond acceptors (Lipinski definition) is 5. The Morgan fingerprint density at radius 3 is 2.75 bits per heavy atom. The molecule has 0 saturated carbocycles. The average Bonchev–Trinajstić information content (AvgIpc) is 2.85. The normalized spacial score (nSPS) is 10.2. The maximum atomic E-state index is 11.5. The number of para-hydroxylation sites is 2. The third kappa shape index (κ3) is 2.93. The zero-order valence-corrected chi connectivity index (χ0v) is 11.7. The summed E-state index contributed by atoms with van der Waals surface area (Å²) in [6.45, 7) is 2.19. The predicted octanol–water partition coefficient (Wildman–Crippen LogP) is 3.00. The van der Waals surface area contributed by atoms with Gasteiger partial charge in [0, 0.05) is 0 Å². The van der Waals surface area contributed by atoms with Gasteiger partial charge in [-0.2, -0.15) is 0 Å². The van der Waals surface area contributed by atoms with Gasteiger partial charge in [-0.15, -0.1) is 0 Å². The zero-order chi connectivity index (χ0) is 14.5. The summed E-state index contributed by atoms with van der Waals surface area (Å²) in [5.74, 6) is 1.57. The summed E-state index contributed by atoms with van der Waals surface area (Å²) in [5, 5.41) is 3.21. The molecule has 0 bridgehead atoms. The number of esters is 1. The van der Waals surface area contributed by atoms with Gasteiger partial charge in [-0.25, -0.2) is 4.79 Å². The second-order valence-corrected chi connectivity index (χ2v) is 4.23. The fraction of sp³-hybridized carbons (Fsp3) is 0.267. The zero-order valence-electron chi connectivity index (χ0n) is 11.7. The first-order valence-electron chi connectivity index (χ1n) is 6.20. The number of hydrogen-bond donors (Lipinski definition) is 1. The second kappa shape index (κ2) is 6.14. The monoisotopic (exact) mass is 275 g/mol. The first-order valence-corrected chi connectivity index (χ1v) is 6.20. The van der Waals surface area contributed by atoms with Gasteiger partial charge in [0.1, 0.15) is 22.8 Å². The van der Waals surface area contributed by atoms with Gasteiger partial charge in [0.2, 0.25) is 0 Å². The number of nitrogens with one attached hydrogen (secondary N) is 1.